The van der Waals surface area contributed by atoms with E-state index in [9.17, 15) is 4.79 Å². The lowest BCUT2D eigenvalue weighted by molar-refractivity contribution is 0.0803. The first-order valence-electron chi connectivity index (χ1n) is 9.05. The van der Waals surface area contributed by atoms with Crippen LogP contribution < -0.4 is 4.90 Å². The number of pyridine rings is 1. The molecule has 0 unspecified atom stereocenters. The summed E-state index contributed by atoms with van der Waals surface area (Å²) < 4.78 is 8.87. The lowest BCUT2D eigenvalue weighted by Crippen LogP contribution is -2.36. The zero-order valence-electron chi connectivity index (χ0n) is 15.8. The highest BCUT2D eigenvalue weighted by Gasteiger charge is 2.21. The molecule has 0 aromatic carbocycles. The summed E-state index contributed by atoms with van der Waals surface area (Å²) in [7, 11) is 3.63. The van der Waals surface area contributed by atoms with Gasteiger partial charge < -0.3 is 14.5 Å². The number of hydrogen-bond acceptors (Lipinski definition) is 6. The van der Waals surface area contributed by atoms with Crippen molar-refractivity contribution in [1.82, 2.24) is 29.3 Å². The first-order chi connectivity index (χ1) is 13.1. The molecule has 4 heterocycles. The summed E-state index contributed by atoms with van der Waals surface area (Å²) in [6, 6.07) is 3.88. The van der Waals surface area contributed by atoms with Crippen LogP contribution in [0, 0.1) is 0 Å². The fraction of sp³-hybridized carbons (Fsp3) is 0.444. The Bertz CT molecular complexity index is 971. The first-order valence-corrected chi connectivity index (χ1v) is 9.05. The van der Waals surface area contributed by atoms with Crippen molar-refractivity contribution in [2.75, 3.05) is 44.8 Å². The molecule has 1 aliphatic heterocycles. The summed E-state index contributed by atoms with van der Waals surface area (Å²) in [4.78, 5) is 21.1. The van der Waals surface area contributed by atoms with E-state index in [-0.39, 0.29) is 5.91 Å². The van der Waals surface area contributed by atoms with Crippen molar-refractivity contribution in [1.29, 1.82) is 0 Å². The molecule has 1 saturated heterocycles. The number of ether oxygens (including phenoxy) is 1. The summed E-state index contributed by atoms with van der Waals surface area (Å²) >= 11 is 0. The van der Waals surface area contributed by atoms with Gasteiger partial charge in [0, 0.05) is 45.5 Å². The lowest BCUT2D eigenvalue weighted by atomic mass is 10.1. The van der Waals surface area contributed by atoms with Gasteiger partial charge in [-0.05, 0) is 19.1 Å². The van der Waals surface area contributed by atoms with Gasteiger partial charge in [0.15, 0.2) is 5.65 Å². The van der Waals surface area contributed by atoms with Gasteiger partial charge in [0.05, 0.1) is 30.7 Å². The number of fused-ring (bicyclic) bond motifs is 1. The van der Waals surface area contributed by atoms with Gasteiger partial charge in [0.1, 0.15) is 0 Å². The Morgan fingerprint density at radius 2 is 2.11 bits per heavy atom. The third-order valence-electron chi connectivity index (χ3n) is 4.88. The second-order valence-corrected chi connectivity index (χ2v) is 6.58. The number of aryl methyl sites for hydroxylation is 1. The van der Waals surface area contributed by atoms with Crippen molar-refractivity contribution in [2.45, 2.75) is 6.92 Å². The van der Waals surface area contributed by atoms with Crippen LogP contribution >= 0.6 is 0 Å². The predicted octanol–water partition coefficient (Wildman–Crippen LogP) is 1.06. The van der Waals surface area contributed by atoms with E-state index in [1.54, 1.807) is 27.3 Å². The molecule has 142 valence electrons. The van der Waals surface area contributed by atoms with Gasteiger partial charge in [-0.25, -0.2) is 4.52 Å². The molecule has 0 atom stereocenters. The third kappa shape index (κ3) is 3.14. The van der Waals surface area contributed by atoms with Crippen LogP contribution in [0.2, 0.25) is 0 Å². The highest BCUT2D eigenvalue weighted by molar-refractivity contribution is 5.99. The van der Waals surface area contributed by atoms with E-state index in [1.165, 1.54) is 0 Å². The minimum Gasteiger partial charge on any atom is -0.378 e. The SMILES string of the molecule is CCN(C)C(=O)c1cnn(C)c1-c1ccn2nc(N3CCOCC3)nc2c1. The van der Waals surface area contributed by atoms with Crippen molar-refractivity contribution >= 4 is 17.5 Å². The number of carbonyl (C=O) groups is 1. The summed E-state index contributed by atoms with van der Waals surface area (Å²) in [6.45, 7) is 5.53. The van der Waals surface area contributed by atoms with Crippen molar-refractivity contribution in [2.24, 2.45) is 7.05 Å². The average Bonchev–Trinajstić information content (AvgIpc) is 3.30. The maximum absolute atomic E-state index is 12.7. The smallest absolute Gasteiger partial charge is 0.257 e. The van der Waals surface area contributed by atoms with E-state index < -0.39 is 0 Å². The van der Waals surface area contributed by atoms with Crippen LogP contribution in [0.5, 0.6) is 0 Å². The molecular formula is C18H23N7O2. The van der Waals surface area contributed by atoms with Crippen molar-refractivity contribution < 1.29 is 9.53 Å². The van der Waals surface area contributed by atoms with Gasteiger partial charge in [0.2, 0.25) is 5.95 Å². The van der Waals surface area contributed by atoms with Crippen LogP contribution in [-0.4, -0.2) is 75.1 Å². The molecule has 0 radical (unpaired) electrons. The normalized spacial score (nSPS) is 14.7. The maximum atomic E-state index is 12.7. The molecule has 4 rings (SSSR count). The Labute approximate surface area is 157 Å². The second-order valence-electron chi connectivity index (χ2n) is 6.58. The Kier molecular flexibility index (Phi) is 4.53. The molecule has 0 N–H and O–H groups in total. The Morgan fingerprint density at radius 1 is 1.33 bits per heavy atom. The van der Waals surface area contributed by atoms with Gasteiger partial charge in [0.25, 0.3) is 5.91 Å². The Hall–Kier alpha value is -2.94. The molecule has 0 spiro atoms. The zero-order chi connectivity index (χ0) is 19.0. The fourth-order valence-corrected chi connectivity index (χ4v) is 3.20. The number of carbonyl (C=O) groups excluding carboxylic acids is 1. The molecule has 27 heavy (non-hydrogen) atoms. The number of morpholine rings is 1. The van der Waals surface area contributed by atoms with Crippen molar-refractivity contribution in [3.8, 4) is 11.3 Å². The second kappa shape index (κ2) is 6.99. The molecule has 1 amide bonds. The lowest BCUT2D eigenvalue weighted by Gasteiger charge is -2.25. The number of amides is 1. The number of nitrogens with zero attached hydrogens (tertiary/aromatic N) is 7. The Balaban J connectivity index is 1.72. The summed E-state index contributed by atoms with van der Waals surface area (Å²) in [5.74, 6) is 0.651. The third-order valence-corrected chi connectivity index (χ3v) is 4.88. The molecule has 9 heteroatoms. The Morgan fingerprint density at radius 3 is 2.85 bits per heavy atom. The van der Waals surface area contributed by atoms with E-state index in [0.29, 0.717) is 31.3 Å². The van der Waals surface area contributed by atoms with Crippen LogP contribution in [0.25, 0.3) is 16.9 Å². The molecule has 0 bridgehead atoms. The van der Waals surface area contributed by atoms with E-state index in [1.807, 2.05) is 32.3 Å². The number of rotatable bonds is 4. The minimum absolute atomic E-state index is 0.0454. The first kappa shape index (κ1) is 17.5. The summed E-state index contributed by atoms with van der Waals surface area (Å²) in [5.41, 5.74) is 2.98. The average molecular weight is 369 g/mol. The molecule has 1 fully saturated rings. The minimum atomic E-state index is -0.0454. The molecule has 0 saturated carbocycles. The molecule has 9 nitrogen and oxygen atoms in total. The highest BCUT2D eigenvalue weighted by atomic mass is 16.5. The van der Waals surface area contributed by atoms with Crippen LogP contribution in [0.4, 0.5) is 5.95 Å². The van der Waals surface area contributed by atoms with E-state index in [0.717, 1.165) is 30.0 Å². The molecule has 1 aliphatic rings. The predicted molar refractivity (Wildman–Crippen MR) is 101 cm³/mol. The molecule has 3 aromatic heterocycles. The van der Waals surface area contributed by atoms with Crippen LogP contribution in [0.15, 0.2) is 24.5 Å². The van der Waals surface area contributed by atoms with E-state index in [4.69, 9.17) is 4.74 Å². The van der Waals surface area contributed by atoms with Crippen molar-refractivity contribution in [3.05, 3.63) is 30.1 Å². The van der Waals surface area contributed by atoms with E-state index >= 15 is 0 Å². The van der Waals surface area contributed by atoms with Gasteiger partial charge in [-0.15, -0.1) is 5.10 Å². The van der Waals surface area contributed by atoms with Crippen LogP contribution in [0.3, 0.4) is 0 Å². The van der Waals surface area contributed by atoms with Crippen molar-refractivity contribution in [3.63, 3.8) is 0 Å². The fourth-order valence-electron chi connectivity index (χ4n) is 3.20. The largest absolute Gasteiger partial charge is 0.378 e. The molecule has 3 aromatic rings. The van der Waals surface area contributed by atoms with Crippen LogP contribution in [-0.2, 0) is 11.8 Å². The highest BCUT2D eigenvalue weighted by Crippen LogP contribution is 2.25. The zero-order valence-corrected chi connectivity index (χ0v) is 15.8. The van der Waals surface area contributed by atoms with Gasteiger partial charge in [-0.3, -0.25) is 9.48 Å². The van der Waals surface area contributed by atoms with Gasteiger partial charge in [-0.1, -0.05) is 0 Å². The van der Waals surface area contributed by atoms with Gasteiger partial charge in [-0.2, -0.15) is 10.1 Å². The summed E-state index contributed by atoms with van der Waals surface area (Å²) in [6.07, 6.45) is 3.49. The monoisotopic (exact) mass is 369 g/mol. The molecular weight excluding hydrogens is 346 g/mol. The number of aromatic nitrogens is 5. The molecule has 0 aliphatic carbocycles. The summed E-state index contributed by atoms with van der Waals surface area (Å²) in [5, 5.41) is 8.85. The topological polar surface area (TPSA) is 80.8 Å². The standard InChI is InChI=1S/C18H23N7O2/c1-4-22(2)17(26)14-12-19-23(3)16(14)13-5-6-25-15(11-13)20-18(21-25)24-7-9-27-10-8-24/h5-6,11-12H,4,7-10H2,1-3H3. The van der Waals surface area contributed by atoms with E-state index in [2.05, 4.69) is 20.1 Å². The number of hydrogen-bond donors (Lipinski definition) is 0. The van der Waals surface area contributed by atoms with Crippen LogP contribution in [0.1, 0.15) is 17.3 Å². The maximum Gasteiger partial charge on any atom is 0.257 e. The number of anilines is 1. The quantitative estimate of drug-likeness (QED) is 0.684. The van der Waals surface area contributed by atoms with Gasteiger partial charge >= 0.3 is 0 Å².